The van der Waals surface area contributed by atoms with E-state index < -0.39 is 22.5 Å². The lowest BCUT2D eigenvalue weighted by Gasteiger charge is -2.05. The quantitative estimate of drug-likeness (QED) is 0.725. The molecule has 0 atom stereocenters. The van der Waals surface area contributed by atoms with Crippen LogP contribution in [0.4, 0.5) is 0 Å². The molecule has 0 aliphatic heterocycles. The summed E-state index contributed by atoms with van der Waals surface area (Å²) in [6.07, 6.45) is 0. The van der Waals surface area contributed by atoms with Crippen molar-refractivity contribution in [2.75, 3.05) is 6.54 Å². The summed E-state index contributed by atoms with van der Waals surface area (Å²) in [4.78, 5) is 10.7. The van der Waals surface area contributed by atoms with Gasteiger partial charge in [-0.2, -0.15) is 5.26 Å². The second-order valence-electron chi connectivity index (χ2n) is 2.87. The zero-order valence-corrected chi connectivity index (χ0v) is 8.99. The van der Waals surface area contributed by atoms with E-state index in [1.54, 1.807) is 10.8 Å². The van der Waals surface area contributed by atoms with Gasteiger partial charge in [0.1, 0.15) is 0 Å². The maximum atomic E-state index is 11.6. The van der Waals surface area contributed by atoms with E-state index in [9.17, 15) is 13.2 Å². The number of nitrogens with two attached hydrogens (primary N) is 1. The minimum absolute atomic E-state index is 0.145. The Balaban J connectivity index is 3.08. The lowest BCUT2D eigenvalue weighted by molar-refractivity contribution is -0.118. The summed E-state index contributed by atoms with van der Waals surface area (Å²) in [5, 5.41) is 8.60. The van der Waals surface area contributed by atoms with Crippen LogP contribution in [0.1, 0.15) is 5.56 Å². The fourth-order valence-electron chi connectivity index (χ4n) is 0.983. The van der Waals surface area contributed by atoms with Crippen LogP contribution in [0.3, 0.4) is 0 Å². The highest BCUT2D eigenvalue weighted by Crippen LogP contribution is 2.10. The zero-order valence-electron chi connectivity index (χ0n) is 8.17. The topological polar surface area (TPSA) is 113 Å². The van der Waals surface area contributed by atoms with Crippen LogP contribution in [0.5, 0.6) is 0 Å². The molecule has 1 aromatic rings. The molecule has 1 aromatic carbocycles. The number of rotatable bonds is 3. The Bertz CT molecular complexity index is 545. The third-order valence-corrected chi connectivity index (χ3v) is 3.08. The van der Waals surface area contributed by atoms with Crippen molar-refractivity contribution in [1.82, 2.24) is 4.72 Å². The highest BCUT2D eigenvalue weighted by molar-refractivity contribution is 7.90. The molecule has 0 unspecified atom stereocenters. The number of nitriles is 1. The second-order valence-corrected chi connectivity index (χ2v) is 4.55. The SMILES string of the molecule is N#Cc1cccc(S(=O)(=O)NC(=O)CN)c1. The number of carbonyl (C=O) groups is 1. The molecule has 3 N–H and O–H groups in total. The van der Waals surface area contributed by atoms with E-state index in [0.717, 1.165) is 0 Å². The van der Waals surface area contributed by atoms with E-state index >= 15 is 0 Å². The fraction of sp³-hybridized carbons (Fsp3) is 0.111. The molecular formula is C9H9N3O3S. The number of sulfonamides is 1. The normalized spacial score (nSPS) is 10.5. The molecule has 0 aromatic heterocycles. The van der Waals surface area contributed by atoms with Gasteiger partial charge in [-0.05, 0) is 18.2 Å². The van der Waals surface area contributed by atoms with Crippen LogP contribution < -0.4 is 10.5 Å². The maximum Gasteiger partial charge on any atom is 0.264 e. The number of nitrogens with zero attached hydrogens (tertiary/aromatic N) is 1. The molecule has 6 nitrogen and oxygen atoms in total. The molecule has 84 valence electrons. The van der Waals surface area contributed by atoms with Crippen LogP contribution >= 0.6 is 0 Å². The summed E-state index contributed by atoms with van der Waals surface area (Å²) in [5.74, 6) is -0.803. The minimum atomic E-state index is -3.93. The molecule has 0 aliphatic carbocycles. The van der Waals surface area contributed by atoms with Gasteiger partial charge in [-0.1, -0.05) is 6.07 Å². The van der Waals surface area contributed by atoms with Gasteiger partial charge in [0.2, 0.25) is 5.91 Å². The number of amides is 1. The molecule has 0 radical (unpaired) electrons. The number of nitrogens with one attached hydrogen (secondary N) is 1. The highest BCUT2D eigenvalue weighted by Gasteiger charge is 2.16. The molecular weight excluding hydrogens is 230 g/mol. The van der Waals surface area contributed by atoms with Crippen molar-refractivity contribution >= 4 is 15.9 Å². The van der Waals surface area contributed by atoms with E-state index in [1.807, 2.05) is 0 Å². The molecule has 0 aliphatic rings. The van der Waals surface area contributed by atoms with E-state index in [2.05, 4.69) is 0 Å². The van der Waals surface area contributed by atoms with Crippen molar-refractivity contribution in [3.05, 3.63) is 29.8 Å². The minimum Gasteiger partial charge on any atom is -0.322 e. The first-order chi connectivity index (χ1) is 7.49. The predicted molar refractivity (Wildman–Crippen MR) is 55.5 cm³/mol. The number of carbonyl (C=O) groups excluding carboxylic acids is 1. The van der Waals surface area contributed by atoms with Crippen molar-refractivity contribution in [3.8, 4) is 6.07 Å². The van der Waals surface area contributed by atoms with Crippen molar-refractivity contribution < 1.29 is 13.2 Å². The molecule has 16 heavy (non-hydrogen) atoms. The number of benzene rings is 1. The van der Waals surface area contributed by atoms with Crippen molar-refractivity contribution in [1.29, 1.82) is 5.26 Å². The standard InChI is InChI=1S/C9H9N3O3S/c10-5-7-2-1-3-8(4-7)16(14,15)12-9(13)6-11/h1-4H,6,11H2,(H,12,13). The summed E-state index contributed by atoms with van der Waals surface area (Å²) < 4.78 is 24.9. The molecule has 1 rings (SSSR count). The molecule has 0 saturated carbocycles. The van der Waals surface area contributed by atoms with Crippen LogP contribution in [0.25, 0.3) is 0 Å². The molecule has 0 fully saturated rings. The summed E-state index contributed by atoms with van der Waals surface area (Å²) in [5.41, 5.74) is 5.18. The van der Waals surface area contributed by atoms with E-state index in [1.165, 1.54) is 24.3 Å². The lowest BCUT2D eigenvalue weighted by atomic mass is 10.2. The van der Waals surface area contributed by atoms with Crippen molar-refractivity contribution in [3.63, 3.8) is 0 Å². The Morgan fingerprint density at radius 2 is 2.19 bits per heavy atom. The monoisotopic (exact) mass is 239 g/mol. The molecule has 0 spiro atoms. The van der Waals surface area contributed by atoms with Gasteiger partial charge in [0.15, 0.2) is 0 Å². The first-order valence-corrected chi connectivity index (χ1v) is 5.74. The smallest absolute Gasteiger partial charge is 0.264 e. The van der Waals surface area contributed by atoms with Crippen LogP contribution in [-0.4, -0.2) is 20.9 Å². The average Bonchev–Trinajstić information content (AvgIpc) is 2.28. The van der Waals surface area contributed by atoms with Crippen LogP contribution in [0.15, 0.2) is 29.2 Å². The van der Waals surface area contributed by atoms with Gasteiger partial charge in [0.25, 0.3) is 10.0 Å². The van der Waals surface area contributed by atoms with Gasteiger partial charge >= 0.3 is 0 Å². The number of hydrogen-bond acceptors (Lipinski definition) is 5. The summed E-state index contributed by atoms with van der Waals surface area (Å²) in [6.45, 7) is -0.419. The zero-order chi connectivity index (χ0) is 12.2. The molecule has 0 saturated heterocycles. The van der Waals surface area contributed by atoms with Gasteiger partial charge in [-0.15, -0.1) is 0 Å². The Kier molecular flexibility index (Phi) is 3.60. The van der Waals surface area contributed by atoms with E-state index in [-0.39, 0.29) is 10.5 Å². The van der Waals surface area contributed by atoms with Gasteiger partial charge in [0, 0.05) is 0 Å². The Morgan fingerprint density at radius 1 is 1.50 bits per heavy atom. The van der Waals surface area contributed by atoms with Gasteiger partial charge in [-0.3, -0.25) is 4.79 Å². The maximum absolute atomic E-state index is 11.6. The molecule has 1 amide bonds. The highest BCUT2D eigenvalue weighted by atomic mass is 32.2. The van der Waals surface area contributed by atoms with Crippen molar-refractivity contribution in [2.24, 2.45) is 5.73 Å². The molecule has 7 heteroatoms. The molecule has 0 bridgehead atoms. The lowest BCUT2D eigenvalue weighted by Crippen LogP contribution is -2.35. The van der Waals surface area contributed by atoms with Crippen LogP contribution in [0.2, 0.25) is 0 Å². The average molecular weight is 239 g/mol. The third-order valence-electron chi connectivity index (χ3n) is 1.71. The molecule has 0 heterocycles. The van der Waals surface area contributed by atoms with Crippen LogP contribution in [-0.2, 0) is 14.8 Å². The van der Waals surface area contributed by atoms with Crippen molar-refractivity contribution in [2.45, 2.75) is 4.90 Å². The summed E-state index contributed by atoms with van der Waals surface area (Å²) in [6, 6.07) is 7.14. The van der Waals surface area contributed by atoms with Gasteiger partial charge < -0.3 is 5.73 Å². The second kappa shape index (κ2) is 4.74. The largest absolute Gasteiger partial charge is 0.322 e. The Hall–Kier alpha value is -1.91. The van der Waals surface area contributed by atoms with E-state index in [0.29, 0.717) is 0 Å². The van der Waals surface area contributed by atoms with E-state index in [4.69, 9.17) is 11.0 Å². The summed E-state index contributed by atoms with van der Waals surface area (Å²) in [7, 11) is -3.93. The predicted octanol–water partition coefficient (Wildman–Crippen LogP) is -0.678. The Labute approximate surface area is 92.7 Å². The first-order valence-electron chi connectivity index (χ1n) is 4.25. The third kappa shape index (κ3) is 2.79. The number of hydrogen-bond donors (Lipinski definition) is 2. The van der Waals surface area contributed by atoms with Gasteiger partial charge in [0.05, 0.1) is 23.1 Å². The first kappa shape index (κ1) is 12.2. The van der Waals surface area contributed by atoms with Crippen LogP contribution in [0, 0.1) is 11.3 Å². The summed E-state index contributed by atoms with van der Waals surface area (Å²) >= 11 is 0. The fourth-order valence-corrected chi connectivity index (χ4v) is 2.02. The Morgan fingerprint density at radius 3 is 2.75 bits per heavy atom. The van der Waals surface area contributed by atoms with Gasteiger partial charge in [-0.25, -0.2) is 13.1 Å².